The SMILES string of the molecule is CCCn1ccc2c(OCC(=O)NCc3ccc4c(c3)OCO4)cccc2c1=O. The second kappa shape index (κ2) is 8.26. The highest BCUT2D eigenvalue weighted by Gasteiger charge is 2.14. The summed E-state index contributed by atoms with van der Waals surface area (Å²) in [5.41, 5.74) is 0.853. The number of carbonyl (C=O) groups excluding carboxylic acids is 1. The molecule has 4 rings (SSSR count). The van der Waals surface area contributed by atoms with Gasteiger partial charge in [-0.3, -0.25) is 9.59 Å². The highest BCUT2D eigenvalue weighted by Crippen LogP contribution is 2.32. The minimum Gasteiger partial charge on any atom is -0.483 e. The maximum atomic E-state index is 12.6. The number of carbonyl (C=O) groups is 1. The van der Waals surface area contributed by atoms with E-state index in [1.165, 1.54) is 0 Å². The third kappa shape index (κ3) is 4.03. The molecular weight excluding hydrogens is 372 g/mol. The molecule has 0 bridgehead atoms. The van der Waals surface area contributed by atoms with Crippen LogP contribution in [0.5, 0.6) is 17.2 Å². The molecule has 3 aromatic rings. The number of hydrogen-bond acceptors (Lipinski definition) is 5. The Morgan fingerprint density at radius 1 is 1.14 bits per heavy atom. The average Bonchev–Trinajstić information content (AvgIpc) is 3.21. The van der Waals surface area contributed by atoms with Gasteiger partial charge in [-0.2, -0.15) is 0 Å². The number of hydrogen-bond donors (Lipinski definition) is 1. The predicted molar refractivity (Wildman–Crippen MR) is 108 cm³/mol. The van der Waals surface area contributed by atoms with E-state index in [2.05, 4.69) is 5.32 Å². The molecule has 0 radical (unpaired) electrons. The summed E-state index contributed by atoms with van der Waals surface area (Å²) in [5.74, 6) is 1.65. The van der Waals surface area contributed by atoms with Crippen LogP contribution in [-0.4, -0.2) is 23.9 Å². The summed E-state index contributed by atoms with van der Waals surface area (Å²) >= 11 is 0. The fourth-order valence-corrected chi connectivity index (χ4v) is 3.28. The fourth-order valence-electron chi connectivity index (χ4n) is 3.28. The van der Waals surface area contributed by atoms with E-state index in [4.69, 9.17) is 14.2 Å². The Balaban J connectivity index is 1.39. The maximum Gasteiger partial charge on any atom is 0.258 e. The number of fused-ring (bicyclic) bond motifs is 2. The van der Waals surface area contributed by atoms with Gasteiger partial charge in [0.2, 0.25) is 6.79 Å². The normalized spacial score (nSPS) is 12.2. The molecular formula is C22H22N2O5. The van der Waals surface area contributed by atoms with Gasteiger partial charge in [0.1, 0.15) is 5.75 Å². The number of amides is 1. The minimum absolute atomic E-state index is 0.0536. The van der Waals surface area contributed by atoms with Crippen molar-refractivity contribution in [3.63, 3.8) is 0 Å². The van der Waals surface area contributed by atoms with Gasteiger partial charge < -0.3 is 24.1 Å². The topological polar surface area (TPSA) is 78.8 Å². The van der Waals surface area contributed by atoms with Crippen LogP contribution in [0.15, 0.2) is 53.5 Å². The van der Waals surface area contributed by atoms with Crippen molar-refractivity contribution in [3.05, 3.63) is 64.6 Å². The number of aromatic nitrogens is 1. The Morgan fingerprint density at radius 3 is 2.86 bits per heavy atom. The number of pyridine rings is 1. The van der Waals surface area contributed by atoms with E-state index in [1.807, 2.05) is 31.2 Å². The first-order valence-electron chi connectivity index (χ1n) is 9.56. The van der Waals surface area contributed by atoms with Gasteiger partial charge in [-0.25, -0.2) is 0 Å². The number of rotatable bonds is 7. The molecule has 1 amide bonds. The Hall–Kier alpha value is -3.48. The molecule has 29 heavy (non-hydrogen) atoms. The van der Waals surface area contributed by atoms with Crippen LogP contribution in [0.4, 0.5) is 0 Å². The summed E-state index contributed by atoms with van der Waals surface area (Å²) in [7, 11) is 0. The van der Waals surface area contributed by atoms with Gasteiger partial charge in [-0.15, -0.1) is 0 Å². The number of nitrogens with one attached hydrogen (secondary N) is 1. The fraction of sp³-hybridized carbons (Fsp3) is 0.273. The van der Waals surface area contributed by atoms with Gasteiger partial charge in [0.05, 0.1) is 5.39 Å². The molecule has 0 spiro atoms. The van der Waals surface area contributed by atoms with Crippen molar-refractivity contribution in [2.45, 2.75) is 26.4 Å². The Kier molecular flexibility index (Phi) is 5.37. The van der Waals surface area contributed by atoms with E-state index in [9.17, 15) is 9.59 Å². The van der Waals surface area contributed by atoms with Gasteiger partial charge >= 0.3 is 0 Å². The third-order valence-electron chi connectivity index (χ3n) is 4.73. The second-order valence-electron chi connectivity index (χ2n) is 6.78. The van der Waals surface area contributed by atoms with Gasteiger partial charge in [0.25, 0.3) is 11.5 Å². The highest BCUT2D eigenvalue weighted by atomic mass is 16.7. The van der Waals surface area contributed by atoms with Crippen molar-refractivity contribution in [2.24, 2.45) is 0 Å². The monoisotopic (exact) mass is 394 g/mol. The first kappa shape index (κ1) is 18.9. The Labute approximate surface area is 167 Å². The highest BCUT2D eigenvalue weighted by molar-refractivity contribution is 5.88. The largest absolute Gasteiger partial charge is 0.483 e. The van der Waals surface area contributed by atoms with Crippen LogP contribution in [-0.2, 0) is 17.9 Å². The van der Waals surface area contributed by atoms with E-state index < -0.39 is 0 Å². The number of aryl methyl sites for hydroxylation is 1. The molecule has 7 heteroatoms. The molecule has 0 saturated carbocycles. The molecule has 0 unspecified atom stereocenters. The lowest BCUT2D eigenvalue weighted by molar-refractivity contribution is -0.123. The second-order valence-corrected chi connectivity index (χ2v) is 6.78. The summed E-state index contributed by atoms with van der Waals surface area (Å²) in [6, 6.07) is 12.7. The molecule has 0 saturated heterocycles. The van der Waals surface area contributed by atoms with Gasteiger partial charge in [-0.05, 0) is 42.3 Å². The van der Waals surface area contributed by atoms with Crippen molar-refractivity contribution in [2.75, 3.05) is 13.4 Å². The summed E-state index contributed by atoms with van der Waals surface area (Å²) in [6.07, 6.45) is 2.64. The van der Waals surface area contributed by atoms with E-state index >= 15 is 0 Å². The minimum atomic E-state index is -0.251. The maximum absolute atomic E-state index is 12.6. The molecule has 1 aliphatic rings. The smallest absolute Gasteiger partial charge is 0.258 e. The van der Waals surface area contributed by atoms with E-state index in [1.54, 1.807) is 29.0 Å². The number of nitrogens with zero attached hydrogens (tertiary/aromatic N) is 1. The quantitative estimate of drug-likeness (QED) is 0.667. The molecule has 1 N–H and O–H groups in total. The lowest BCUT2D eigenvalue weighted by Gasteiger charge is -2.11. The zero-order valence-electron chi connectivity index (χ0n) is 16.1. The van der Waals surface area contributed by atoms with Crippen molar-refractivity contribution >= 4 is 16.7 Å². The molecule has 0 aliphatic carbocycles. The zero-order valence-corrected chi connectivity index (χ0v) is 16.1. The number of ether oxygens (including phenoxy) is 3. The van der Waals surface area contributed by atoms with Crippen LogP contribution < -0.4 is 25.1 Å². The van der Waals surface area contributed by atoms with Gasteiger partial charge in [0.15, 0.2) is 18.1 Å². The number of benzene rings is 2. The lowest BCUT2D eigenvalue weighted by atomic mass is 10.1. The molecule has 0 atom stereocenters. The molecule has 1 aliphatic heterocycles. The van der Waals surface area contributed by atoms with E-state index in [0.717, 1.165) is 12.0 Å². The van der Waals surface area contributed by atoms with Crippen LogP contribution in [0.2, 0.25) is 0 Å². The zero-order chi connectivity index (χ0) is 20.2. The Morgan fingerprint density at radius 2 is 2.00 bits per heavy atom. The standard InChI is InChI=1S/C22H22N2O5/c1-2-9-24-10-8-16-17(22(24)26)4-3-5-18(16)27-13-21(25)23-12-15-6-7-19-20(11-15)29-14-28-19/h3-8,10-11H,2,9,12-14H2,1H3,(H,23,25). The van der Waals surface area contributed by atoms with Crippen molar-refractivity contribution in [3.8, 4) is 17.2 Å². The Bertz CT molecular complexity index is 1110. The first-order valence-corrected chi connectivity index (χ1v) is 9.56. The first-order chi connectivity index (χ1) is 14.2. The van der Waals surface area contributed by atoms with E-state index in [0.29, 0.717) is 41.1 Å². The predicted octanol–water partition coefficient (Wildman–Crippen LogP) is 2.84. The molecule has 150 valence electrons. The van der Waals surface area contributed by atoms with Crippen LogP contribution in [0.25, 0.3) is 10.8 Å². The van der Waals surface area contributed by atoms with Crippen molar-refractivity contribution < 1.29 is 19.0 Å². The van der Waals surface area contributed by atoms with Crippen LogP contribution in [0.3, 0.4) is 0 Å². The van der Waals surface area contributed by atoms with Crippen LogP contribution in [0, 0.1) is 0 Å². The summed E-state index contributed by atoms with van der Waals surface area (Å²) in [5, 5.41) is 4.10. The van der Waals surface area contributed by atoms with Crippen molar-refractivity contribution in [1.29, 1.82) is 0 Å². The van der Waals surface area contributed by atoms with Crippen molar-refractivity contribution in [1.82, 2.24) is 9.88 Å². The molecule has 7 nitrogen and oxygen atoms in total. The molecule has 2 aromatic carbocycles. The van der Waals surface area contributed by atoms with Gasteiger partial charge in [-0.1, -0.05) is 19.1 Å². The third-order valence-corrected chi connectivity index (χ3v) is 4.73. The van der Waals surface area contributed by atoms with E-state index in [-0.39, 0.29) is 24.9 Å². The van der Waals surface area contributed by atoms with Crippen LogP contribution >= 0.6 is 0 Å². The molecule has 2 heterocycles. The summed E-state index contributed by atoms with van der Waals surface area (Å²) in [6.45, 7) is 3.13. The summed E-state index contributed by atoms with van der Waals surface area (Å²) < 4.78 is 18.0. The molecule has 1 aromatic heterocycles. The average molecular weight is 394 g/mol. The molecule has 0 fully saturated rings. The summed E-state index contributed by atoms with van der Waals surface area (Å²) in [4.78, 5) is 24.8. The van der Waals surface area contributed by atoms with Crippen LogP contribution in [0.1, 0.15) is 18.9 Å². The van der Waals surface area contributed by atoms with Gasteiger partial charge in [0, 0.05) is 24.7 Å². The lowest BCUT2D eigenvalue weighted by Crippen LogP contribution is -2.28.